The zero-order chi connectivity index (χ0) is 21.0. The average Bonchev–Trinajstić information content (AvgIpc) is 3.21. The molecular formula is C21H24N4O3S. The highest BCUT2D eigenvalue weighted by molar-refractivity contribution is 7.10. The van der Waals surface area contributed by atoms with Crippen LogP contribution in [-0.4, -0.2) is 21.9 Å². The summed E-state index contributed by atoms with van der Waals surface area (Å²) in [4.78, 5) is 40.3. The molecule has 8 heteroatoms. The van der Waals surface area contributed by atoms with Gasteiger partial charge in [0.25, 0.3) is 5.56 Å². The molecule has 2 heterocycles. The van der Waals surface area contributed by atoms with Crippen molar-refractivity contribution in [3.8, 4) is 0 Å². The quantitative estimate of drug-likeness (QED) is 0.492. The molecule has 7 nitrogen and oxygen atoms in total. The predicted octanol–water partition coefficient (Wildman–Crippen LogP) is 2.46. The number of nitrogens with one attached hydrogen (secondary N) is 2. The largest absolute Gasteiger partial charge is 0.384 e. The fraction of sp³-hybridized carbons (Fsp3) is 0.286. The van der Waals surface area contributed by atoms with Crippen molar-refractivity contribution in [2.45, 2.75) is 32.9 Å². The van der Waals surface area contributed by atoms with Crippen LogP contribution in [0.4, 0.5) is 5.82 Å². The Morgan fingerprint density at radius 3 is 2.59 bits per heavy atom. The van der Waals surface area contributed by atoms with Crippen molar-refractivity contribution >= 4 is 22.9 Å². The van der Waals surface area contributed by atoms with Gasteiger partial charge in [-0.1, -0.05) is 42.8 Å². The Morgan fingerprint density at radius 2 is 1.97 bits per heavy atom. The zero-order valence-corrected chi connectivity index (χ0v) is 17.2. The fourth-order valence-corrected chi connectivity index (χ4v) is 4.01. The molecule has 29 heavy (non-hydrogen) atoms. The Hall–Kier alpha value is -2.97. The molecule has 1 aromatic carbocycles. The van der Waals surface area contributed by atoms with Crippen LogP contribution < -0.4 is 22.3 Å². The number of aromatic amines is 1. The van der Waals surface area contributed by atoms with Crippen molar-refractivity contribution in [2.75, 3.05) is 12.3 Å². The van der Waals surface area contributed by atoms with Gasteiger partial charge in [-0.3, -0.25) is 24.5 Å². The first-order valence-electron chi connectivity index (χ1n) is 9.41. The SMILES string of the molecule is CCCn1c(N)c(C(=O)CN[C@H](c2ccc(C)cc2)c2cccs2)c(=O)[nH]c1=O. The minimum Gasteiger partial charge on any atom is -0.384 e. The van der Waals surface area contributed by atoms with E-state index in [1.807, 2.05) is 55.6 Å². The van der Waals surface area contributed by atoms with E-state index in [4.69, 9.17) is 5.73 Å². The van der Waals surface area contributed by atoms with Crippen LogP contribution in [0.3, 0.4) is 0 Å². The Labute approximate surface area is 172 Å². The van der Waals surface area contributed by atoms with E-state index in [1.54, 1.807) is 11.3 Å². The molecule has 0 unspecified atom stereocenters. The van der Waals surface area contributed by atoms with E-state index in [2.05, 4.69) is 10.3 Å². The van der Waals surface area contributed by atoms with Crippen molar-refractivity contribution < 1.29 is 4.79 Å². The molecule has 0 aliphatic heterocycles. The average molecular weight is 413 g/mol. The van der Waals surface area contributed by atoms with Crippen LogP contribution in [0.2, 0.25) is 0 Å². The highest BCUT2D eigenvalue weighted by Gasteiger charge is 2.21. The third-order valence-electron chi connectivity index (χ3n) is 4.67. The number of hydrogen-bond donors (Lipinski definition) is 3. The summed E-state index contributed by atoms with van der Waals surface area (Å²) in [6, 6.07) is 11.8. The molecule has 2 aromatic heterocycles. The molecular weight excluding hydrogens is 388 g/mol. The number of carbonyl (C=O) groups is 1. The summed E-state index contributed by atoms with van der Waals surface area (Å²) in [6.45, 7) is 4.14. The van der Waals surface area contributed by atoms with Crippen molar-refractivity contribution in [3.63, 3.8) is 0 Å². The summed E-state index contributed by atoms with van der Waals surface area (Å²) in [7, 11) is 0. The maximum atomic E-state index is 12.8. The highest BCUT2D eigenvalue weighted by Crippen LogP contribution is 2.26. The minimum atomic E-state index is -0.755. The summed E-state index contributed by atoms with van der Waals surface area (Å²) >= 11 is 1.58. The van der Waals surface area contributed by atoms with Crippen LogP contribution in [0.25, 0.3) is 0 Å². The number of aryl methyl sites for hydroxylation is 1. The molecule has 0 spiro atoms. The summed E-state index contributed by atoms with van der Waals surface area (Å²) < 4.78 is 1.23. The van der Waals surface area contributed by atoms with Crippen molar-refractivity contribution in [1.29, 1.82) is 0 Å². The third kappa shape index (κ3) is 4.55. The van der Waals surface area contributed by atoms with Gasteiger partial charge in [0.2, 0.25) is 0 Å². The Kier molecular flexibility index (Phi) is 6.46. The van der Waals surface area contributed by atoms with Crippen molar-refractivity contribution in [3.05, 3.63) is 84.2 Å². The Balaban J connectivity index is 1.88. The predicted molar refractivity (Wildman–Crippen MR) is 116 cm³/mol. The van der Waals surface area contributed by atoms with E-state index in [9.17, 15) is 14.4 Å². The monoisotopic (exact) mass is 412 g/mol. The lowest BCUT2D eigenvalue weighted by molar-refractivity contribution is 0.0987. The molecule has 0 saturated carbocycles. The standard InChI is InChI=1S/C21H24N4O3S/c1-3-10-25-19(22)17(20(27)24-21(25)28)15(26)12-23-18(16-5-4-11-29-16)14-8-6-13(2)7-9-14/h4-9,11,18,23H,3,10,12,22H2,1-2H3,(H,24,27,28)/t18-/m1/s1. The van der Waals surface area contributed by atoms with Crippen LogP contribution in [0.1, 0.15) is 45.7 Å². The number of nitrogens with zero attached hydrogens (tertiary/aromatic N) is 1. The molecule has 1 atom stereocenters. The van der Waals surface area contributed by atoms with Crippen LogP contribution in [0.15, 0.2) is 51.4 Å². The van der Waals surface area contributed by atoms with E-state index in [-0.39, 0.29) is 24.0 Å². The van der Waals surface area contributed by atoms with E-state index < -0.39 is 17.0 Å². The van der Waals surface area contributed by atoms with Gasteiger partial charge in [0.1, 0.15) is 11.4 Å². The number of rotatable bonds is 8. The fourth-order valence-electron chi connectivity index (χ4n) is 3.18. The zero-order valence-electron chi connectivity index (χ0n) is 16.4. The number of benzene rings is 1. The first-order valence-corrected chi connectivity index (χ1v) is 10.3. The van der Waals surface area contributed by atoms with Crippen LogP contribution >= 0.6 is 11.3 Å². The number of thiophene rings is 1. The van der Waals surface area contributed by atoms with Gasteiger partial charge in [-0.2, -0.15) is 0 Å². The maximum absolute atomic E-state index is 12.8. The number of carbonyl (C=O) groups excluding carboxylic acids is 1. The van der Waals surface area contributed by atoms with Crippen molar-refractivity contribution in [1.82, 2.24) is 14.9 Å². The number of H-pyrrole nitrogens is 1. The summed E-state index contributed by atoms with van der Waals surface area (Å²) in [6.07, 6.45) is 0.649. The maximum Gasteiger partial charge on any atom is 0.329 e. The van der Waals surface area contributed by atoms with Crippen molar-refractivity contribution in [2.24, 2.45) is 0 Å². The van der Waals surface area contributed by atoms with Gasteiger partial charge in [0.15, 0.2) is 5.78 Å². The Bertz CT molecular complexity index is 1100. The second kappa shape index (κ2) is 9.02. The third-order valence-corrected chi connectivity index (χ3v) is 5.61. The lowest BCUT2D eigenvalue weighted by atomic mass is 10.0. The van der Waals surface area contributed by atoms with Crippen LogP contribution in [-0.2, 0) is 6.54 Å². The van der Waals surface area contributed by atoms with E-state index in [1.165, 1.54) is 4.57 Å². The molecule has 0 aliphatic rings. The second-order valence-corrected chi connectivity index (χ2v) is 7.81. The molecule has 4 N–H and O–H groups in total. The number of Topliss-reactive ketones (excluding diaryl/α,β-unsaturated/α-hetero) is 1. The lowest BCUT2D eigenvalue weighted by Crippen LogP contribution is -2.38. The molecule has 152 valence electrons. The first kappa shape index (κ1) is 20.8. The smallest absolute Gasteiger partial charge is 0.329 e. The lowest BCUT2D eigenvalue weighted by Gasteiger charge is -2.18. The van der Waals surface area contributed by atoms with Crippen LogP contribution in [0.5, 0.6) is 0 Å². The van der Waals surface area contributed by atoms with Gasteiger partial charge in [-0.15, -0.1) is 11.3 Å². The number of ketones is 1. The molecule has 0 bridgehead atoms. The normalized spacial score (nSPS) is 12.1. The van der Waals surface area contributed by atoms with Gasteiger partial charge in [0.05, 0.1) is 12.6 Å². The molecule has 3 rings (SSSR count). The van der Waals surface area contributed by atoms with Gasteiger partial charge in [-0.05, 0) is 30.4 Å². The molecule has 0 aliphatic carbocycles. The molecule has 0 fully saturated rings. The highest BCUT2D eigenvalue weighted by atomic mass is 32.1. The summed E-state index contributed by atoms with van der Waals surface area (Å²) in [5, 5.41) is 5.22. The molecule has 0 saturated heterocycles. The first-order chi connectivity index (χ1) is 13.9. The number of anilines is 1. The van der Waals surface area contributed by atoms with E-state index in [0.29, 0.717) is 13.0 Å². The van der Waals surface area contributed by atoms with Gasteiger partial charge < -0.3 is 5.73 Å². The van der Waals surface area contributed by atoms with Gasteiger partial charge in [0, 0.05) is 11.4 Å². The van der Waals surface area contributed by atoms with E-state index in [0.717, 1.165) is 16.0 Å². The number of nitrogen functional groups attached to an aromatic ring is 1. The molecule has 3 aromatic rings. The summed E-state index contributed by atoms with van der Waals surface area (Å²) in [5.41, 5.74) is 6.62. The molecule has 0 radical (unpaired) electrons. The molecule has 0 amide bonds. The summed E-state index contributed by atoms with van der Waals surface area (Å²) in [5.74, 6) is -0.544. The number of nitrogens with two attached hydrogens (primary N) is 1. The number of hydrogen-bond acceptors (Lipinski definition) is 6. The second-order valence-electron chi connectivity index (χ2n) is 6.83. The van der Waals surface area contributed by atoms with Gasteiger partial charge >= 0.3 is 5.69 Å². The van der Waals surface area contributed by atoms with Gasteiger partial charge in [-0.25, -0.2) is 4.79 Å². The minimum absolute atomic E-state index is 0.0876. The van der Waals surface area contributed by atoms with E-state index >= 15 is 0 Å². The van der Waals surface area contributed by atoms with Crippen LogP contribution in [0, 0.1) is 6.92 Å². The number of aromatic nitrogens is 2. The Morgan fingerprint density at radius 1 is 1.24 bits per heavy atom. The topological polar surface area (TPSA) is 110 Å².